The number of hydrogen-bond donors (Lipinski definition) is 4. The van der Waals surface area contributed by atoms with Gasteiger partial charge in [0, 0.05) is 18.8 Å². The Balaban J connectivity index is 1.37. The molecule has 11 heteroatoms. The molecule has 1 atom stereocenters. The molecule has 1 aliphatic heterocycles. The van der Waals surface area contributed by atoms with E-state index in [2.05, 4.69) is 26.5 Å². The molecule has 0 radical (unpaired) electrons. The molecule has 0 bridgehead atoms. The smallest absolute Gasteiger partial charge is 0.329 e. The quantitative estimate of drug-likeness (QED) is 0.275. The first kappa shape index (κ1) is 22.7. The number of benzene rings is 1. The zero-order valence-electron chi connectivity index (χ0n) is 17.1. The van der Waals surface area contributed by atoms with Crippen LogP contribution in [0.25, 0.3) is 0 Å². The molecule has 3 rings (SSSR count). The Labute approximate surface area is 183 Å². The second-order valence-electron chi connectivity index (χ2n) is 6.85. The van der Waals surface area contributed by atoms with E-state index in [-0.39, 0.29) is 25.0 Å². The minimum absolute atomic E-state index is 0.0209. The number of nitrogens with zero attached hydrogens (tertiary/aromatic N) is 1. The molecule has 0 unspecified atom stereocenters. The van der Waals surface area contributed by atoms with Gasteiger partial charge in [0.1, 0.15) is 11.5 Å². The molecule has 11 nitrogen and oxygen atoms in total. The van der Waals surface area contributed by atoms with E-state index in [0.29, 0.717) is 18.1 Å². The number of ether oxygens (including phenoxy) is 1. The summed E-state index contributed by atoms with van der Waals surface area (Å²) in [6.07, 6.45) is 2.92. The van der Waals surface area contributed by atoms with Crippen molar-refractivity contribution in [3.05, 3.63) is 54.0 Å². The third kappa shape index (κ3) is 7.06. The predicted octanol–water partition coefficient (Wildman–Crippen LogP) is 0.280. The van der Waals surface area contributed by atoms with Crippen molar-refractivity contribution in [2.45, 2.75) is 25.5 Å². The van der Waals surface area contributed by atoms with Gasteiger partial charge in [0.2, 0.25) is 0 Å². The fourth-order valence-corrected chi connectivity index (χ4v) is 2.81. The number of furan rings is 1. The average Bonchev–Trinajstić information content (AvgIpc) is 3.48. The second-order valence-corrected chi connectivity index (χ2v) is 6.85. The largest absolute Gasteiger partial charge is 0.458 e. The van der Waals surface area contributed by atoms with Crippen LogP contribution in [0, 0.1) is 0 Å². The Bertz CT molecular complexity index is 982. The molecule has 2 heterocycles. The van der Waals surface area contributed by atoms with Crippen molar-refractivity contribution in [3.63, 3.8) is 0 Å². The summed E-state index contributed by atoms with van der Waals surface area (Å²) >= 11 is 0. The van der Waals surface area contributed by atoms with Gasteiger partial charge in [-0.15, -0.1) is 0 Å². The lowest BCUT2D eigenvalue weighted by Crippen LogP contribution is -2.41. The Morgan fingerprint density at radius 2 is 1.75 bits per heavy atom. The molecule has 2 aromatic rings. The molecule has 1 aromatic heterocycles. The first-order valence-corrected chi connectivity index (χ1v) is 9.97. The lowest BCUT2D eigenvalue weighted by molar-refractivity contribution is -0.139. The number of para-hydroxylation sites is 1. The van der Waals surface area contributed by atoms with E-state index < -0.39 is 23.6 Å². The lowest BCUT2D eigenvalue weighted by atomic mass is 10.2. The summed E-state index contributed by atoms with van der Waals surface area (Å²) in [7, 11) is 0. The minimum Gasteiger partial charge on any atom is -0.458 e. The summed E-state index contributed by atoms with van der Waals surface area (Å²) in [5.41, 5.74) is 2.61. The van der Waals surface area contributed by atoms with Crippen LogP contribution in [0.5, 0.6) is 0 Å². The summed E-state index contributed by atoms with van der Waals surface area (Å²) in [5.74, 6) is -2.69. The van der Waals surface area contributed by atoms with Gasteiger partial charge in [-0.05, 0) is 37.1 Å². The minimum atomic E-state index is -0.914. The van der Waals surface area contributed by atoms with Crippen molar-refractivity contribution in [3.8, 4) is 0 Å². The van der Waals surface area contributed by atoms with Crippen LogP contribution in [0.15, 0.2) is 52.0 Å². The summed E-state index contributed by atoms with van der Waals surface area (Å²) in [5, 5.41) is 11.1. The monoisotopic (exact) mass is 441 g/mol. The first-order chi connectivity index (χ1) is 15.5. The van der Waals surface area contributed by atoms with Crippen LogP contribution in [0.3, 0.4) is 0 Å². The van der Waals surface area contributed by atoms with Gasteiger partial charge in [-0.25, -0.2) is 5.43 Å². The molecule has 1 fully saturated rings. The fraction of sp³-hybridized carbons (Fsp3) is 0.286. The summed E-state index contributed by atoms with van der Waals surface area (Å²) in [6.45, 7) is 0.909. The highest BCUT2D eigenvalue weighted by atomic mass is 16.5. The van der Waals surface area contributed by atoms with Crippen molar-refractivity contribution < 1.29 is 28.3 Å². The van der Waals surface area contributed by atoms with Crippen LogP contribution in [0.2, 0.25) is 0 Å². The van der Waals surface area contributed by atoms with Gasteiger partial charge in [-0.3, -0.25) is 19.2 Å². The Morgan fingerprint density at radius 3 is 2.50 bits per heavy atom. The van der Waals surface area contributed by atoms with E-state index in [1.165, 1.54) is 6.21 Å². The summed E-state index contributed by atoms with van der Waals surface area (Å²) in [6, 6.07) is 11.7. The number of carbonyl (C=O) groups is 4. The molecule has 4 amide bonds. The maximum atomic E-state index is 11.9. The lowest BCUT2D eigenvalue weighted by Gasteiger charge is -2.09. The Morgan fingerprint density at radius 1 is 0.969 bits per heavy atom. The number of rotatable bonds is 7. The predicted molar refractivity (Wildman–Crippen MR) is 113 cm³/mol. The number of carbonyl (C=O) groups excluding carboxylic acids is 4. The zero-order chi connectivity index (χ0) is 22.8. The van der Waals surface area contributed by atoms with Gasteiger partial charge in [0.15, 0.2) is 0 Å². The molecule has 0 saturated carbocycles. The molecular weight excluding hydrogens is 418 g/mol. The molecule has 4 N–H and O–H groups in total. The van der Waals surface area contributed by atoms with Gasteiger partial charge < -0.3 is 25.1 Å². The van der Waals surface area contributed by atoms with Crippen LogP contribution in [-0.2, 0) is 30.5 Å². The standard InChI is InChI=1S/C21H23N5O6/c27-18(20(29)25-14-5-2-1-3-6-14)23-12-16-8-9-17(32-16)13-24-26-21(30)19(28)22-11-15-7-4-10-31-15/h1-3,5-6,8-9,13,15H,4,7,10-12H2,(H,22,28)(H,23,27)(H,25,29)(H,26,30)/b24-13+/t15-/m0/s1. The number of hydrazone groups is 1. The zero-order valence-corrected chi connectivity index (χ0v) is 17.1. The van der Waals surface area contributed by atoms with Gasteiger partial charge in [-0.1, -0.05) is 18.2 Å². The molecular formula is C21H23N5O6. The van der Waals surface area contributed by atoms with Crippen LogP contribution in [-0.4, -0.2) is 49.1 Å². The Kier molecular flexibility index (Phi) is 8.09. The summed E-state index contributed by atoms with van der Waals surface area (Å²) < 4.78 is 10.8. The molecule has 1 aromatic carbocycles. The highest BCUT2D eigenvalue weighted by Gasteiger charge is 2.19. The van der Waals surface area contributed by atoms with Gasteiger partial charge in [0.25, 0.3) is 0 Å². The van der Waals surface area contributed by atoms with Crippen molar-refractivity contribution in [2.75, 3.05) is 18.5 Å². The van der Waals surface area contributed by atoms with E-state index in [4.69, 9.17) is 9.15 Å². The molecule has 168 valence electrons. The van der Waals surface area contributed by atoms with Crippen molar-refractivity contribution >= 4 is 35.5 Å². The molecule has 1 aliphatic rings. The molecule has 0 aliphatic carbocycles. The third-order valence-electron chi connectivity index (χ3n) is 4.42. The van der Waals surface area contributed by atoms with Gasteiger partial charge in [-0.2, -0.15) is 5.10 Å². The number of nitrogens with one attached hydrogen (secondary N) is 4. The Hall–Kier alpha value is -3.99. The topological polar surface area (TPSA) is 151 Å². The van der Waals surface area contributed by atoms with Crippen molar-refractivity contribution in [1.29, 1.82) is 0 Å². The maximum absolute atomic E-state index is 11.9. The number of anilines is 1. The van der Waals surface area contributed by atoms with E-state index in [9.17, 15) is 19.2 Å². The second kappa shape index (κ2) is 11.4. The van der Waals surface area contributed by atoms with Gasteiger partial charge >= 0.3 is 23.6 Å². The van der Waals surface area contributed by atoms with Crippen molar-refractivity contribution in [1.82, 2.24) is 16.1 Å². The maximum Gasteiger partial charge on any atom is 0.329 e. The summed E-state index contributed by atoms with van der Waals surface area (Å²) in [4.78, 5) is 47.2. The fourth-order valence-electron chi connectivity index (χ4n) is 2.81. The number of amides is 4. The van der Waals surface area contributed by atoms with E-state index in [0.717, 1.165) is 12.8 Å². The molecule has 32 heavy (non-hydrogen) atoms. The molecule has 0 spiro atoms. The van der Waals surface area contributed by atoms with E-state index in [1.807, 2.05) is 0 Å². The van der Waals surface area contributed by atoms with Crippen molar-refractivity contribution in [2.24, 2.45) is 5.10 Å². The van der Waals surface area contributed by atoms with E-state index in [1.54, 1.807) is 42.5 Å². The average molecular weight is 441 g/mol. The highest BCUT2D eigenvalue weighted by molar-refractivity contribution is 6.39. The van der Waals surface area contributed by atoms with Crippen LogP contribution >= 0.6 is 0 Å². The van der Waals surface area contributed by atoms with Crippen LogP contribution < -0.4 is 21.4 Å². The van der Waals surface area contributed by atoms with E-state index >= 15 is 0 Å². The first-order valence-electron chi connectivity index (χ1n) is 9.97. The van der Waals surface area contributed by atoms with Gasteiger partial charge in [0.05, 0.1) is 18.9 Å². The van der Waals surface area contributed by atoms with Crippen LogP contribution in [0.1, 0.15) is 24.4 Å². The highest BCUT2D eigenvalue weighted by Crippen LogP contribution is 2.10. The number of hydrogen-bond acceptors (Lipinski definition) is 7. The SMILES string of the molecule is O=C(NC[C@@H]1CCCO1)C(=O)N/N=C/c1ccc(CNC(=O)C(=O)Nc2ccccc2)o1. The normalized spacial score (nSPS) is 15.3. The van der Waals surface area contributed by atoms with Crippen LogP contribution in [0.4, 0.5) is 5.69 Å². The molecule has 1 saturated heterocycles. The third-order valence-corrected chi connectivity index (χ3v) is 4.42.